The molecule has 16 heavy (non-hydrogen) atoms. The van der Waals surface area contributed by atoms with Crippen LogP contribution in [0.5, 0.6) is 5.75 Å². The predicted molar refractivity (Wildman–Crippen MR) is 63.8 cm³/mol. The lowest BCUT2D eigenvalue weighted by molar-refractivity contribution is 0.178. The molecule has 0 aliphatic carbocycles. The average Bonchev–Trinajstić information content (AvgIpc) is 2.78. The van der Waals surface area contributed by atoms with Crippen LogP contribution in [-0.2, 0) is 6.42 Å². The van der Waals surface area contributed by atoms with Gasteiger partial charge in [-0.25, -0.2) is 0 Å². The molecule has 0 aliphatic rings. The number of aliphatic hydroxyl groups is 1. The lowest BCUT2D eigenvalue weighted by atomic mass is 10.1. The smallest absolute Gasteiger partial charge is 0.135 e. The van der Waals surface area contributed by atoms with Gasteiger partial charge in [0.05, 0.1) is 18.1 Å². The van der Waals surface area contributed by atoms with E-state index in [2.05, 4.69) is 4.98 Å². The van der Waals surface area contributed by atoms with Gasteiger partial charge in [-0.3, -0.25) is 4.98 Å². The number of ether oxygens (including phenoxy) is 1. The summed E-state index contributed by atoms with van der Waals surface area (Å²) in [7, 11) is 1.62. The van der Waals surface area contributed by atoms with Crippen LogP contribution in [0, 0.1) is 0 Å². The van der Waals surface area contributed by atoms with Gasteiger partial charge < -0.3 is 9.84 Å². The van der Waals surface area contributed by atoms with Gasteiger partial charge in [0.25, 0.3) is 0 Å². The van der Waals surface area contributed by atoms with Crippen molar-refractivity contribution in [1.82, 2.24) is 4.98 Å². The summed E-state index contributed by atoms with van der Waals surface area (Å²) in [6.45, 7) is 0. The SMILES string of the molecule is COc1ccsc1C(O)Cc1ccncc1. The second-order valence-electron chi connectivity index (χ2n) is 3.43. The molecule has 2 aromatic heterocycles. The Hall–Kier alpha value is -1.39. The molecule has 1 N–H and O–H groups in total. The van der Waals surface area contributed by atoms with Crippen LogP contribution < -0.4 is 4.74 Å². The van der Waals surface area contributed by atoms with Crippen molar-refractivity contribution in [2.45, 2.75) is 12.5 Å². The minimum absolute atomic E-state index is 0.516. The van der Waals surface area contributed by atoms with E-state index in [0.29, 0.717) is 6.42 Å². The summed E-state index contributed by atoms with van der Waals surface area (Å²) in [5.74, 6) is 0.756. The first-order valence-electron chi connectivity index (χ1n) is 4.99. The highest BCUT2D eigenvalue weighted by molar-refractivity contribution is 7.10. The van der Waals surface area contributed by atoms with E-state index in [-0.39, 0.29) is 0 Å². The van der Waals surface area contributed by atoms with Crippen LogP contribution in [-0.4, -0.2) is 17.2 Å². The number of pyridine rings is 1. The zero-order valence-corrected chi connectivity index (χ0v) is 9.78. The molecule has 0 radical (unpaired) electrons. The van der Waals surface area contributed by atoms with Crippen LogP contribution in [0.4, 0.5) is 0 Å². The van der Waals surface area contributed by atoms with E-state index in [1.807, 2.05) is 23.6 Å². The maximum Gasteiger partial charge on any atom is 0.135 e. The van der Waals surface area contributed by atoms with E-state index >= 15 is 0 Å². The molecule has 0 bridgehead atoms. The Morgan fingerprint density at radius 1 is 1.38 bits per heavy atom. The molecule has 0 aromatic carbocycles. The van der Waals surface area contributed by atoms with Crippen LogP contribution >= 0.6 is 11.3 Å². The Kier molecular flexibility index (Phi) is 3.54. The lowest BCUT2D eigenvalue weighted by Gasteiger charge is -2.10. The van der Waals surface area contributed by atoms with Crippen LogP contribution in [0.25, 0.3) is 0 Å². The standard InChI is InChI=1S/C12H13NO2S/c1-15-11-4-7-16-12(11)10(14)8-9-2-5-13-6-3-9/h2-7,10,14H,8H2,1H3. The molecule has 0 fully saturated rings. The van der Waals surface area contributed by atoms with E-state index in [1.165, 1.54) is 11.3 Å². The quantitative estimate of drug-likeness (QED) is 0.885. The van der Waals surface area contributed by atoms with E-state index in [0.717, 1.165) is 16.2 Å². The fourth-order valence-electron chi connectivity index (χ4n) is 1.56. The molecular formula is C12H13NO2S. The van der Waals surface area contributed by atoms with E-state index in [9.17, 15) is 5.11 Å². The number of thiophene rings is 1. The third kappa shape index (κ3) is 2.40. The van der Waals surface area contributed by atoms with Gasteiger partial charge in [-0.05, 0) is 29.1 Å². The van der Waals surface area contributed by atoms with Crippen molar-refractivity contribution in [1.29, 1.82) is 0 Å². The summed E-state index contributed by atoms with van der Waals surface area (Å²) in [6.07, 6.45) is 3.53. The van der Waals surface area contributed by atoms with Crippen LogP contribution in [0.15, 0.2) is 36.0 Å². The number of hydrogen-bond acceptors (Lipinski definition) is 4. The molecule has 0 saturated heterocycles. The normalized spacial score (nSPS) is 12.4. The van der Waals surface area contributed by atoms with Crippen molar-refractivity contribution in [2.24, 2.45) is 0 Å². The van der Waals surface area contributed by atoms with Gasteiger partial charge in [-0.1, -0.05) is 0 Å². The topological polar surface area (TPSA) is 42.4 Å². The van der Waals surface area contributed by atoms with Gasteiger partial charge >= 0.3 is 0 Å². The van der Waals surface area contributed by atoms with E-state index in [4.69, 9.17) is 4.74 Å². The van der Waals surface area contributed by atoms with Crippen molar-refractivity contribution < 1.29 is 9.84 Å². The number of nitrogens with zero attached hydrogens (tertiary/aromatic N) is 1. The summed E-state index contributed by atoms with van der Waals surface area (Å²) in [4.78, 5) is 4.82. The number of rotatable bonds is 4. The zero-order valence-electron chi connectivity index (χ0n) is 8.96. The largest absolute Gasteiger partial charge is 0.495 e. The summed E-state index contributed by atoms with van der Waals surface area (Å²) >= 11 is 1.51. The summed E-state index contributed by atoms with van der Waals surface area (Å²) in [6, 6.07) is 5.68. The van der Waals surface area contributed by atoms with Gasteiger partial charge in [-0.15, -0.1) is 11.3 Å². The molecule has 2 rings (SSSR count). The predicted octanol–water partition coefficient (Wildman–Crippen LogP) is 2.43. The Morgan fingerprint density at radius 2 is 2.12 bits per heavy atom. The number of aromatic nitrogens is 1. The fourth-order valence-corrected chi connectivity index (χ4v) is 2.40. The molecular weight excluding hydrogens is 222 g/mol. The number of methoxy groups -OCH3 is 1. The highest BCUT2D eigenvalue weighted by atomic mass is 32.1. The maximum atomic E-state index is 10.1. The zero-order chi connectivity index (χ0) is 11.4. The Bertz CT molecular complexity index is 441. The third-order valence-corrected chi connectivity index (χ3v) is 3.36. The fraction of sp³-hybridized carbons (Fsp3) is 0.250. The average molecular weight is 235 g/mol. The first-order valence-corrected chi connectivity index (χ1v) is 5.87. The molecule has 0 amide bonds. The van der Waals surface area contributed by atoms with Gasteiger partial charge in [-0.2, -0.15) is 0 Å². The summed E-state index contributed by atoms with van der Waals surface area (Å²) < 4.78 is 5.18. The number of aliphatic hydroxyl groups excluding tert-OH is 1. The summed E-state index contributed by atoms with van der Waals surface area (Å²) in [5, 5.41) is 12.0. The molecule has 84 valence electrons. The first kappa shape index (κ1) is 11.1. The minimum Gasteiger partial charge on any atom is -0.495 e. The first-order chi connectivity index (χ1) is 7.81. The van der Waals surface area contributed by atoms with Gasteiger partial charge in [0.15, 0.2) is 0 Å². The van der Waals surface area contributed by atoms with Gasteiger partial charge in [0.2, 0.25) is 0 Å². The second-order valence-corrected chi connectivity index (χ2v) is 4.38. The maximum absolute atomic E-state index is 10.1. The highest BCUT2D eigenvalue weighted by Crippen LogP contribution is 2.32. The molecule has 2 aromatic rings. The van der Waals surface area contributed by atoms with Crippen LogP contribution in [0.2, 0.25) is 0 Å². The molecule has 2 heterocycles. The number of hydrogen-bond donors (Lipinski definition) is 1. The van der Waals surface area contributed by atoms with Crippen molar-refractivity contribution in [2.75, 3.05) is 7.11 Å². The molecule has 0 spiro atoms. The minimum atomic E-state index is -0.516. The Balaban J connectivity index is 2.11. The molecule has 0 saturated carbocycles. The Labute approximate surface area is 98.4 Å². The van der Waals surface area contributed by atoms with E-state index < -0.39 is 6.10 Å². The Morgan fingerprint density at radius 3 is 2.81 bits per heavy atom. The van der Waals surface area contributed by atoms with Gasteiger partial charge in [0, 0.05) is 18.8 Å². The van der Waals surface area contributed by atoms with Crippen molar-refractivity contribution in [3.63, 3.8) is 0 Å². The monoisotopic (exact) mass is 235 g/mol. The molecule has 0 aliphatic heterocycles. The third-order valence-electron chi connectivity index (χ3n) is 2.36. The van der Waals surface area contributed by atoms with Crippen molar-refractivity contribution in [3.05, 3.63) is 46.4 Å². The van der Waals surface area contributed by atoms with E-state index in [1.54, 1.807) is 19.5 Å². The summed E-state index contributed by atoms with van der Waals surface area (Å²) in [5.41, 5.74) is 1.07. The van der Waals surface area contributed by atoms with Crippen molar-refractivity contribution in [3.8, 4) is 5.75 Å². The lowest BCUT2D eigenvalue weighted by Crippen LogP contribution is -2.01. The van der Waals surface area contributed by atoms with Crippen molar-refractivity contribution >= 4 is 11.3 Å². The molecule has 3 nitrogen and oxygen atoms in total. The molecule has 1 atom stereocenters. The second kappa shape index (κ2) is 5.09. The molecule has 1 unspecified atom stereocenters. The van der Waals surface area contributed by atoms with Crippen LogP contribution in [0.1, 0.15) is 16.5 Å². The molecule has 4 heteroatoms. The highest BCUT2D eigenvalue weighted by Gasteiger charge is 2.15. The van der Waals surface area contributed by atoms with Gasteiger partial charge in [0.1, 0.15) is 5.75 Å². The van der Waals surface area contributed by atoms with Crippen LogP contribution in [0.3, 0.4) is 0 Å².